The number of halogens is 1. The predicted octanol–water partition coefficient (Wildman–Crippen LogP) is 3.40. The molecule has 2 rings (SSSR count). The fourth-order valence-corrected chi connectivity index (χ4v) is 3.22. The standard InChI is InChI=1S/C15H24BrN3O/c1-19(15-17-10-13(16)11-18-15)14-7-5-12(6-8-14)4-2-3-9-20/h10-12,14,20H,2-9H2,1H3/t12-,14-. The number of hydrogen-bond donors (Lipinski definition) is 1. The number of rotatable bonds is 6. The first-order chi connectivity index (χ1) is 9.70. The zero-order chi connectivity index (χ0) is 14.4. The van der Waals surface area contributed by atoms with Crippen LogP contribution in [0.25, 0.3) is 0 Å². The van der Waals surface area contributed by atoms with E-state index < -0.39 is 0 Å². The molecule has 1 N–H and O–H groups in total. The van der Waals surface area contributed by atoms with Crippen LogP contribution in [0, 0.1) is 5.92 Å². The minimum absolute atomic E-state index is 0.332. The Bertz CT molecular complexity index is 391. The van der Waals surface area contributed by atoms with E-state index in [9.17, 15) is 0 Å². The normalized spacial score (nSPS) is 22.8. The van der Waals surface area contributed by atoms with Gasteiger partial charge < -0.3 is 10.0 Å². The summed E-state index contributed by atoms with van der Waals surface area (Å²) in [4.78, 5) is 11.0. The molecule has 0 bridgehead atoms. The van der Waals surface area contributed by atoms with E-state index in [1.807, 2.05) is 0 Å². The molecular weight excluding hydrogens is 318 g/mol. The van der Waals surface area contributed by atoms with E-state index in [1.165, 1.54) is 32.1 Å². The van der Waals surface area contributed by atoms with Gasteiger partial charge in [-0.3, -0.25) is 0 Å². The Hall–Kier alpha value is -0.680. The molecule has 1 aliphatic rings. The van der Waals surface area contributed by atoms with E-state index in [4.69, 9.17) is 5.11 Å². The molecule has 0 aromatic carbocycles. The van der Waals surface area contributed by atoms with Crippen molar-refractivity contribution in [1.82, 2.24) is 9.97 Å². The number of aromatic nitrogens is 2. The van der Waals surface area contributed by atoms with E-state index in [1.54, 1.807) is 12.4 Å². The predicted molar refractivity (Wildman–Crippen MR) is 84.8 cm³/mol. The summed E-state index contributed by atoms with van der Waals surface area (Å²) in [5, 5.41) is 8.83. The van der Waals surface area contributed by atoms with Crippen LogP contribution in [0.5, 0.6) is 0 Å². The number of hydrogen-bond acceptors (Lipinski definition) is 4. The van der Waals surface area contributed by atoms with Gasteiger partial charge in [-0.2, -0.15) is 0 Å². The molecule has 0 aliphatic heterocycles. The van der Waals surface area contributed by atoms with E-state index in [2.05, 4.69) is 37.8 Å². The van der Waals surface area contributed by atoms with Crippen LogP contribution in [-0.2, 0) is 0 Å². The molecule has 112 valence electrons. The third-order valence-electron chi connectivity index (χ3n) is 4.31. The molecule has 1 heterocycles. The van der Waals surface area contributed by atoms with Crippen molar-refractivity contribution in [3.8, 4) is 0 Å². The quantitative estimate of drug-likeness (QED) is 0.805. The monoisotopic (exact) mass is 341 g/mol. The number of nitrogens with zero attached hydrogens (tertiary/aromatic N) is 3. The smallest absolute Gasteiger partial charge is 0.225 e. The molecule has 1 aromatic rings. The van der Waals surface area contributed by atoms with Gasteiger partial charge in [0.1, 0.15) is 0 Å². The van der Waals surface area contributed by atoms with Gasteiger partial charge in [0, 0.05) is 32.1 Å². The van der Waals surface area contributed by atoms with Crippen molar-refractivity contribution in [2.45, 2.75) is 51.0 Å². The van der Waals surface area contributed by atoms with Crippen LogP contribution in [0.15, 0.2) is 16.9 Å². The number of unbranched alkanes of at least 4 members (excludes halogenated alkanes) is 1. The first-order valence-corrected chi connectivity index (χ1v) is 8.31. The molecule has 0 unspecified atom stereocenters. The fourth-order valence-electron chi connectivity index (χ4n) is 3.02. The second-order valence-electron chi connectivity index (χ2n) is 5.71. The molecule has 20 heavy (non-hydrogen) atoms. The van der Waals surface area contributed by atoms with Crippen molar-refractivity contribution in [2.75, 3.05) is 18.6 Å². The topological polar surface area (TPSA) is 49.2 Å². The van der Waals surface area contributed by atoms with Gasteiger partial charge in [0.05, 0.1) is 4.47 Å². The minimum Gasteiger partial charge on any atom is -0.396 e. The SMILES string of the molecule is CN(c1ncc(Br)cn1)[C@H]1CC[C@H](CCCCO)CC1. The molecule has 1 fully saturated rings. The third-order valence-corrected chi connectivity index (χ3v) is 4.72. The van der Waals surface area contributed by atoms with Gasteiger partial charge >= 0.3 is 0 Å². The summed E-state index contributed by atoms with van der Waals surface area (Å²) in [6.45, 7) is 0.332. The summed E-state index contributed by atoms with van der Waals surface area (Å²) in [5.74, 6) is 1.66. The summed E-state index contributed by atoms with van der Waals surface area (Å²) >= 11 is 3.37. The van der Waals surface area contributed by atoms with Crippen molar-refractivity contribution in [2.24, 2.45) is 5.92 Å². The lowest BCUT2D eigenvalue weighted by molar-refractivity contribution is 0.260. The van der Waals surface area contributed by atoms with Crippen molar-refractivity contribution in [3.63, 3.8) is 0 Å². The molecule has 0 amide bonds. The van der Waals surface area contributed by atoms with Crippen LogP contribution in [-0.4, -0.2) is 34.8 Å². The van der Waals surface area contributed by atoms with Crippen molar-refractivity contribution in [3.05, 3.63) is 16.9 Å². The Balaban J connectivity index is 1.79. The Morgan fingerprint density at radius 2 is 1.85 bits per heavy atom. The van der Waals surface area contributed by atoms with Gasteiger partial charge in [-0.05, 0) is 54.0 Å². The number of aliphatic hydroxyl groups excluding tert-OH is 1. The van der Waals surface area contributed by atoms with Crippen LogP contribution in [0.3, 0.4) is 0 Å². The first-order valence-electron chi connectivity index (χ1n) is 7.52. The highest BCUT2D eigenvalue weighted by Gasteiger charge is 2.24. The molecule has 0 spiro atoms. The van der Waals surface area contributed by atoms with Crippen molar-refractivity contribution < 1.29 is 5.11 Å². The van der Waals surface area contributed by atoms with Crippen LogP contribution in [0.1, 0.15) is 44.9 Å². The van der Waals surface area contributed by atoms with E-state index in [-0.39, 0.29) is 0 Å². The molecule has 0 saturated heterocycles. The second kappa shape index (κ2) is 7.93. The lowest BCUT2D eigenvalue weighted by Gasteiger charge is -2.34. The first kappa shape index (κ1) is 15.7. The van der Waals surface area contributed by atoms with Gasteiger partial charge in [0.2, 0.25) is 5.95 Å². The lowest BCUT2D eigenvalue weighted by atomic mass is 9.83. The lowest BCUT2D eigenvalue weighted by Crippen LogP contribution is -2.36. The van der Waals surface area contributed by atoms with Crippen LogP contribution in [0.2, 0.25) is 0 Å². The van der Waals surface area contributed by atoms with Gasteiger partial charge in [-0.1, -0.05) is 12.8 Å². The van der Waals surface area contributed by atoms with Gasteiger partial charge in [0.15, 0.2) is 0 Å². The minimum atomic E-state index is 0.332. The molecule has 1 aliphatic carbocycles. The van der Waals surface area contributed by atoms with Gasteiger partial charge in [0.25, 0.3) is 0 Å². The Morgan fingerprint density at radius 1 is 1.20 bits per heavy atom. The molecule has 4 nitrogen and oxygen atoms in total. The summed E-state index contributed by atoms with van der Waals surface area (Å²) in [6.07, 6.45) is 12.0. The molecule has 1 saturated carbocycles. The van der Waals surface area contributed by atoms with E-state index >= 15 is 0 Å². The largest absolute Gasteiger partial charge is 0.396 e. The van der Waals surface area contributed by atoms with Gasteiger partial charge in [-0.15, -0.1) is 0 Å². The number of anilines is 1. The van der Waals surface area contributed by atoms with Gasteiger partial charge in [-0.25, -0.2) is 9.97 Å². The fraction of sp³-hybridized carbons (Fsp3) is 0.733. The Labute approximate surface area is 129 Å². The highest BCUT2D eigenvalue weighted by Crippen LogP contribution is 2.31. The van der Waals surface area contributed by atoms with E-state index in [0.29, 0.717) is 12.6 Å². The molecule has 0 radical (unpaired) electrons. The summed E-state index contributed by atoms with van der Waals surface area (Å²) in [7, 11) is 2.10. The molecular formula is C15H24BrN3O. The van der Waals surface area contributed by atoms with Crippen LogP contribution < -0.4 is 4.90 Å². The highest BCUT2D eigenvalue weighted by molar-refractivity contribution is 9.10. The highest BCUT2D eigenvalue weighted by atomic mass is 79.9. The maximum Gasteiger partial charge on any atom is 0.225 e. The van der Waals surface area contributed by atoms with Crippen LogP contribution >= 0.6 is 15.9 Å². The summed E-state index contributed by atoms with van der Waals surface area (Å²) in [5.41, 5.74) is 0. The number of aliphatic hydroxyl groups is 1. The summed E-state index contributed by atoms with van der Waals surface area (Å²) in [6, 6.07) is 0.560. The van der Waals surface area contributed by atoms with E-state index in [0.717, 1.165) is 29.2 Å². The third kappa shape index (κ3) is 4.42. The Morgan fingerprint density at radius 3 is 2.45 bits per heavy atom. The average Bonchev–Trinajstić information content (AvgIpc) is 2.48. The van der Waals surface area contributed by atoms with Crippen molar-refractivity contribution in [1.29, 1.82) is 0 Å². The average molecular weight is 342 g/mol. The molecule has 1 aromatic heterocycles. The zero-order valence-electron chi connectivity index (χ0n) is 12.1. The summed E-state index contributed by atoms with van der Waals surface area (Å²) < 4.78 is 0.919. The molecule has 0 atom stereocenters. The van der Waals surface area contributed by atoms with Crippen molar-refractivity contribution >= 4 is 21.9 Å². The zero-order valence-corrected chi connectivity index (χ0v) is 13.7. The maximum atomic E-state index is 8.83. The van der Waals surface area contributed by atoms with Crippen LogP contribution in [0.4, 0.5) is 5.95 Å². The second-order valence-corrected chi connectivity index (χ2v) is 6.62. The Kier molecular flexibility index (Phi) is 6.23. The molecule has 5 heteroatoms. The maximum absolute atomic E-state index is 8.83.